The molecule has 0 radical (unpaired) electrons. The Labute approximate surface area is 190 Å². The lowest BCUT2D eigenvalue weighted by Gasteiger charge is -2.17. The second-order valence-corrected chi connectivity index (χ2v) is 7.60. The van der Waals surface area contributed by atoms with Crippen LogP contribution in [0.25, 0.3) is 0 Å². The standard InChI is InChI=1S/C21H28N6O6/c22-15(10-12-7-9-27(11-12)21(23)24)18(29)25-8-1-2-16(28)26-17(20(32)33)13-3-5-14(6-4-13)19(30)31/h3-7,15,17H,1-2,8-11,22H2,(H3,23,24)(H,25,29)(H,26,28)(H,30,31)(H,32,33). The molecular formula is C21H28N6O6. The molecule has 0 spiro atoms. The van der Waals surface area contributed by atoms with Crippen LogP contribution in [0.4, 0.5) is 0 Å². The summed E-state index contributed by atoms with van der Waals surface area (Å²) in [4.78, 5) is 48.4. The number of carbonyl (C=O) groups is 4. The Kier molecular flexibility index (Phi) is 8.92. The van der Waals surface area contributed by atoms with E-state index in [1.54, 1.807) is 4.90 Å². The number of hydrogen-bond donors (Lipinski definition) is 7. The zero-order chi connectivity index (χ0) is 24.5. The number of carboxylic acids is 2. The molecule has 12 nitrogen and oxygen atoms in total. The van der Waals surface area contributed by atoms with Gasteiger partial charge in [-0.3, -0.25) is 15.0 Å². The van der Waals surface area contributed by atoms with Gasteiger partial charge >= 0.3 is 11.9 Å². The van der Waals surface area contributed by atoms with Gasteiger partial charge in [0.1, 0.15) is 0 Å². The van der Waals surface area contributed by atoms with Crippen molar-refractivity contribution in [3.05, 3.63) is 47.0 Å². The highest BCUT2D eigenvalue weighted by atomic mass is 16.4. The van der Waals surface area contributed by atoms with Crippen molar-refractivity contribution < 1.29 is 29.4 Å². The molecule has 2 atom stereocenters. The van der Waals surface area contributed by atoms with E-state index in [0.29, 0.717) is 19.5 Å². The first-order valence-electron chi connectivity index (χ1n) is 10.2. The summed E-state index contributed by atoms with van der Waals surface area (Å²) in [6.07, 6.45) is 2.46. The molecule has 0 saturated carbocycles. The Morgan fingerprint density at radius 1 is 1.15 bits per heavy atom. The van der Waals surface area contributed by atoms with E-state index < -0.39 is 29.9 Å². The minimum absolute atomic E-state index is 0.00330. The van der Waals surface area contributed by atoms with E-state index in [1.807, 2.05) is 6.08 Å². The van der Waals surface area contributed by atoms with E-state index in [2.05, 4.69) is 10.6 Å². The zero-order valence-corrected chi connectivity index (χ0v) is 17.9. The lowest BCUT2D eigenvalue weighted by Crippen LogP contribution is -2.42. The summed E-state index contributed by atoms with van der Waals surface area (Å²) < 4.78 is 0. The number of nitrogens with one attached hydrogen (secondary N) is 3. The van der Waals surface area contributed by atoms with Gasteiger partial charge in [0.2, 0.25) is 11.8 Å². The Balaban J connectivity index is 1.74. The molecule has 1 aromatic carbocycles. The molecule has 33 heavy (non-hydrogen) atoms. The highest BCUT2D eigenvalue weighted by molar-refractivity contribution is 5.88. The molecule has 1 aromatic rings. The second-order valence-electron chi connectivity index (χ2n) is 7.60. The van der Waals surface area contributed by atoms with E-state index in [-0.39, 0.29) is 42.4 Å². The first-order chi connectivity index (χ1) is 15.6. The van der Waals surface area contributed by atoms with Crippen LogP contribution in [0.1, 0.15) is 41.2 Å². The van der Waals surface area contributed by atoms with Crippen LogP contribution in [0.3, 0.4) is 0 Å². The average Bonchev–Trinajstić information content (AvgIpc) is 3.23. The van der Waals surface area contributed by atoms with Crippen molar-refractivity contribution in [2.24, 2.45) is 11.5 Å². The number of aliphatic carboxylic acids is 1. The third kappa shape index (κ3) is 7.61. The molecule has 1 heterocycles. The van der Waals surface area contributed by atoms with Crippen LogP contribution < -0.4 is 22.1 Å². The Morgan fingerprint density at radius 3 is 2.36 bits per heavy atom. The Bertz CT molecular complexity index is 945. The third-order valence-electron chi connectivity index (χ3n) is 5.08. The van der Waals surface area contributed by atoms with Gasteiger partial charge in [0, 0.05) is 26.1 Å². The summed E-state index contributed by atoms with van der Waals surface area (Å²) >= 11 is 0. The van der Waals surface area contributed by atoms with Gasteiger partial charge in [-0.05, 0) is 30.5 Å². The SMILES string of the molecule is N=C(N)N1CC=C(CC(N)C(=O)NCCCC(=O)NC(C(=O)O)c2ccc(C(=O)O)cc2)C1. The minimum Gasteiger partial charge on any atom is -0.479 e. The first-order valence-corrected chi connectivity index (χ1v) is 10.2. The summed E-state index contributed by atoms with van der Waals surface area (Å²) in [7, 11) is 0. The van der Waals surface area contributed by atoms with Gasteiger partial charge < -0.3 is 37.2 Å². The summed E-state index contributed by atoms with van der Waals surface area (Å²) in [5.41, 5.74) is 12.5. The summed E-state index contributed by atoms with van der Waals surface area (Å²) in [5.74, 6) is -3.37. The Hall–Kier alpha value is -3.93. The highest BCUT2D eigenvalue weighted by Gasteiger charge is 2.23. The molecule has 1 aliphatic rings. The molecule has 2 rings (SSSR count). The highest BCUT2D eigenvalue weighted by Crippen LogP contribution is 2.15. The smallest absolute Gasteiger partial charge is 0.335 e. The second kappa shape index (κ2) is 11.6. The van der Waals surface area contributed by atoms with Gasteiger partial charge in [0.25, 0.3) is 0 Å². The predicted molar refractivity (Wildman–Crippen MR) is 118 cm³/mol. The van der Waals surface area contributed by atoms with Gasteiger partial charge in [0.05, 0.1) is 11.6 Å². The van der Waals surface area contributed by atoms with Crippen LogP contribution in [-0.4, -0.2) is 70.5 Å². The molecular weight excluding hydrogens is 432 g/mol. The average molecular weight is 460 g/mol. The van der Waals surface area contributed by atoms with Crippen molar-refractivity contribution in [1.29, 1.82) is 5.41 Å². The molecule has 0 aliphatic carbocycles. The number of hydrogen-bond acceptors (Lipinski definition) is 6. The number of aromatic carboxylic acids is 1. The van der Waals surface area contributed by atoms with E-state index in [0.717, 1.165) is 5.57 Å². The summed E-state index contributed by atoms with van der Waals surface area (Å²) in [6.45, 7) is 1.15. The van der Waals surface area contributed by atoms with Gasteiger partial charge in [-0.1, -0.05) is 23.8 Å². The zero-order valence-electron chi connectivity index (χ0n) is 17.9. The van der Waals surface area contributed by atoms with Crippen molar-refractivity contribution in [2.75, 3.05) is 19.6 Å². The molecule has 0 aromatic heterocycles. The van der Waals surface area contributed by atoms with Crippen molar-refractivity contribution >= 4 is 29.7 Å². The van der Waals surface area contributed by atoms with Crippen LogP contribution in [0.5, 0.6) is 0 Å². The quantitative estimate of drug-likeness (QED) is 0.0968. The number of carbonyl (C=O) groups excluding carboxylic acids is 2. The lowest BCUT2D eigenvalue weighted by atomic mass is 10.0. The fourth-order valence-corrected chi connectivity index (χ4v) is 3.25. The molecule has 1 aliphatic heterocycles. The predicted octanol–water partition coefficient (Wildman–Crippen LogP) is -0.624. The lowest BCUT2D eigenvalue weighted by molar-refractivity contribution is -0.142. The molecule has 2 unspecified atom stereocenters. The van der Waals surface area contributed by atoms with Crippen molar-refractivity contribution in [3.63, 3.8) is 0 Å². The number of nitrogens with two attached hydrogens (primary N) is 2. The topological polar surface area (TPSA) is 212 Å². The molecule has 9 N–H and O–H groups in total. The van der Waals surface area contributed by atoms with Crippen LogP contribution in [0, 0.1) is 5.41 Å². The maximum absolute atomic E-state index is 12.2. The molecule has 0 saturated heterocycles. The normalized spacial score (nSPS) is 14.7. The van der Waals surface area contributed by atoms with E-state index in [9.17, 15) is 24.3 Å². The van der Waals surface area contributed by atoms with Crippen LogP contribution >= 0.6 is 0 Å². The summed E-state index contributed by atoms with van der Waals surface area (Å²) in [5, 5.41) is 30.8. The summed E-state index contributed by atoms with van der Waals surface area (Å²) in [6, 6.07) is 3.09. The third-order valence-corrected chi connectivity index (χ3v) is 5.08. The number of benzene rings is 1. The van der Waals surface area contributed by atoms with Crippen molar-refractivity contribution in [1.82, 2.24) is 15.5 Å². The monoisotopic (exact) mass is 460 g/mol. The maximum atomic E-state index is 12.2. The molecule has 2 amide bonds. The Morgan fingerprint density at radius 2 is 1.82 bits per heavy atom. The van der Waals surface area contributed by atoms with Crippen LogP contribution in [-0.2, 0) is 14.4 Å². The van der Waals surface area contributed by atoms with Crippen molar-refractivity contribution in [3.8, 4) is 0 Å². The van der Waals surface area contributed by atoms with Gasteiger partial charge in [0.15, 0.2) is 12.0 Å². The van der Waals surface area contributed by atoms with Gasteiger partial charge in [-0.15, -0.1) is 0 Å². The van der Waals surface area contributed by atoms with Crippen LogP contribution in [0.15, 0.2) is 35.9 Å². The van der Waals surface area contributed by atoms with E-state index >= 15 is 0 Å². The van der Waals surface area contributed by atoms with Crippen LogP contribution in [0.2, 0.25) is 0 Å². The number of guanidine groups is 1. The van der Waals surface area contributed by atoms with Crippen molar-refractivity contribution in [2.45, 2.75) is 31.3 Å². The van der Waals surface area contributed by atoms with E-state index in [1.165, 1.54) is 24.3 Å². The fourth-order valence-electron chi connectivity index (χ4n) is 3.25. The molecule has 0 fully saturated rings. The van der Waals surface area contributed by atoms with Gasteiger partial charge in [-0.25, -0.2) is 9.59 Å². The number of amides is 2. The fraction of sp³-hybridized carbons (Fsp3) is 0.381. The number of nitrogens with zero attached hydrogens (tertiary/aromatic N) is 1. The largest absolute Gasteiger partial charge is 0.479 e. The number of rotatable bonds is 11. The van der Waals surface area contributed by atoms with Gasteiger partial charge in [-0.2, -0.15) is 0 Å². The first kappa shape index (κ1) is 25.3. The van der Waals surface area contributed by atoms with E-state index in [4.69, 9.17) is 22.0 Å². The maximum Gasteiger partial charge on any atom is 0.335 e. The molecule has 178 valence electrons. The number of carboxylic acid groups (broad SMARTS) is 2. The molecule has 0 bridgehead atoms. The molecule has 12 heteroatoms. The minimum atomic E-state index is -1.32.